The van der Waals surface area contributed by atoms with Gasteiger partial charge < -0.3 is 25.2 Å². The number of nitrogens with zero attached hydrogens (tertiary/aromatic N) is 7. The Bertz CT molecular complexity index is 1370. The van der Waals surface area contributed by atoms with Crippen LogP contribution in [0.3, 0.4) is 0 Å². The molecule has 0 bridgehead atoms. The number of hydrogen-bond acceptors (Lipinski definition) is 9. The first-order chi connectivity index (χ1) is 16.9. The maximum atomic E-state index is 9.15. The Labute approximate surface area is 204 Å². The van der Waals surface area contributed by atoms with E-state index in [2.05, 4.69) is 62.7 Å². The first-order valence-corrected chi connectivity index (χ1v) is 11.2. The van der Waals surface area contributed by atoms with Gasteiger partial charge in [-0.1, -0.05) is 0 Å². The van der Waals surface area contributed by atoms with E-state index >= 15 is 0 Å². The summed E-state index contributed by atoms with van der Waals surface area (Å²) in [6.07, 6.45) is 3.40. The van der Waals surface area contributed by atoms with Crippen molar-refractivity contribution in [1.29, 1.82) is 5.26 Å². The Kier molecular flexibility index (Phi) is 6.98. The average Bonchev–Trinajstić information content (AvgIpc) is 3.30. The Hall–Kier alpha value is -4.36. The topological polar surface area (TPSA) is 107 Å². The van der Waals surface area contributed by atoms with Gasteiger partial charge >= 0.3 is 0 Å². The lowest BCUT2D eigenvalue weighted by Gasteiger charge is -2.25. The number of anilines is 4. The highest BCUT2D eigenvalue weighted by molar-refractivity contribution is 5.82. The zero-order chi connectivity index (χ0) is 24.9. The summed E-state index contributed by atoms with van der Waals surface area (Å²) in [6, 6.07) is 13.4. The number of fused-ring (bicyclic) bond motifs is 1. The summed E-state index contributed by atoms with van der Waals surface area (Å²) in [5.41, 5.74) is 4.17. The van der Waals surface area contributed by atoms with Crippen LogP contribution < -0.4 is 20.3 Å². The molecule has 0 unspecified atom stereocenters. The summed E-state index contributed by atoms with van der Waals surface area (Å²) in [6.45, 7) is 1.80. The van der Waals surface area contributed by atoms with E-state index in [0.717, 1.165) is 41.1 Å². The first-order valence-electron chi connectivity index (χ1n) is 11.2. The number of hydrogen-bond donors (Lipinski definition) is 2. The largest absolute Gasteiger partial charge is 0.494 e. The van der Waals surface area contributed by atoms with Crippen molar-refractivity contribution in [2.24, 2.45) is 0 Å². The van der Waals surface area contributed by atoms with Crippen LogP contribution in [-0.2, 0) is 0 Å². The zero-order valence-corrected chi connectivity index (χ0v) is 20.6. The van der Waals surface area contributed by atoms with Crippen LogP contribution in [-0.4, -0.2) is 73.0 Å². The van der Waals surface area contributed by atoms with Gasteiger partial charge in [-0.15, -0.1) is 0 Å². The second-order valence-corrected chi connectivity index (χ2v) is 8.35. The van der Waals surface area contributed by atoms with Gasteiger partial charge in [0.25, 0.3) is 0 Å². The number of likely N-dealkylation sites (N-methyl/N-ethyl adjacent to an activating group) is 2. The van der Waals surface area contributed by atoms with Crippen molar-refractivity contribution in [3.8, 4) is 17.6 Å². The van der Waals surface area contributed by atoms with Crippen molar-refractivity contribution in [2.75, 3.05) is 63.9 Å². The third-order valence-corrected chi connectivity index (χ3v) is 5.68. The summed E-state index contributed by atoms with van der Waals surface area (Å²) >= 11 is 0. The number of nitriles is 1. The first kappa shape index (κ1) is 23.8. The highest BCUT2D eigenvalue weighted by Gasteiger charge is 2.15. The fourth-order valence-electron chi connectivity index (χ4n) is 3.76. The molecule has 35 heavy (non-hydrogen) atoms. The molecule has 0 saturated carbocycles. The van der Waals surface area contributed by atoms with Crippen LogP contribution >= 0.6 is 0 Å². The molecule has 0 amide bonds. The van der Waals surface area contributed by atoms with E-state index in [1.807, 2.05) is 25.2 Å². The molecule has 0 aliphatic heterocycles. The lowest BCUT2D eigenvalue weighted by molar-refractivity contribution is 0.413. The van der Waals surface area contributed by atoms with Gasteiger partial charge in [-0.3, -0.25) is 0 Å². The molecule has 4 aromatic rings. The molecule has 0 atom stereocenters. The second-order valence-electron chi connectivity index (χ2n) is 8.35. The van der Waals surface area contributed by atoms with E-state index in [1.54, 1.807) is 42.4 Å². The molecule has 2 aromatic carbocycles. The van der Waals surface area contributed by atoms with Gasteiger partial charge in [-0.05, 0) is 38.4 Å². The van der Waals surface area contributed by atoms with Crippen LogP contribution in [0, 0.1) is 11.3 Å². The molecule has 0 aliphatic carbocycles. The molecule has 4 rings (SSSR count). The quantitative estimate of drug-likeness (QED) is 0.379. The van der Waals surface area contributed by atoms with E-state index in [1.165, 1.54) is 0 Å². The third-order valence-electron chi connectivity index (χ3n) is 5.68. The molecule has 2 heterocycles. The summed E-state index contributed by atoms with van der Waals surface area (Å²) in [4.78, 5) is 13.4. The van der Waals surface area contributed by atoms with Crippen LogP contribution in [0.5, 0.6) is 5.75 Å². The standard InChI is InChI=1S/C25H29N9O/c1-27-19-13-20(23(35-5)14-22(19)33(4)11-10-32(2)3)30-25-28-9-8-24(31-25)34-21-7-6-17(15-26)12-18(21)16-29-34/h6-9,12-14,16,27H,10-11H2,1-5H3,(H,28,30,31). The molecule has 2 aromatic heterocycles. The molecule has 0 fully saturated rings. The molecule has 10 nitrogen and oxygen atoms in total. The van der Waals surface area contributed by atoms with Crippen LogP contribution in [0.25, 0.3) is 16.7 Å². The fourth-order valence-corrected chi connectivity index (χ4v) is 3.76. The number of rotatable bonds is 9. The van der Waals surface area contributed by atoms with Gasteiger partial charge in [0.1, 0.15) is 5.75 Å². The van der Waals surface area contributed by atoms with Crippen molar-refractivity contribution in [3.63, 3.8) is 0 Å². The van der Waals surface area contributed by atoms with Gasteiger partial charge in [-0.2, -0.15) is 15.3 Å². The minimum absolute atomic E-state index is 0.411. The van der Waals surface area contributed by atoms with Gasteiger partial charge in [0.05, 0.1) is 47.5 Å². The highest BCUT2D eigenvalue weighted by atomic mass is 16.5. The monoisotopic (exact) mass is 471 g/mol. The molecular formula is C25H29N9O. The van der Waals surface area contributed by atoms with E-state index in [9.17, 15) is 0 Å². The average molecular weight is 472 g/mol. The smallest absolute Gasteiger partial charge is 0.229 e. The summed E-state index contributed by atoms with van der Waals surface area (Å²) in [7, 11) is 9.72. The number of aromatic nitrogens is 4. The van der Waals surface area contributed by atoms with Crippen molar-refractivity contribution in [3.05, 3.63) is 54.4 Å². The molecular weight excluding hydrogens is 442 g/mol. The van der Waals surface area contributed by atoms with Crippen LogP contribution in [0.4, 0.5) is 23.0 Å². The van der Waals surface area contributed by atoms with Gasteiger partial charge in [0, 0.05) is 50.9 Å². The van der Waals surface area contributed by atoms with Crippen LogP contribution in [0.15, 0.2) is 48.8 Å². The molecule has 180 valence electrons. The Morgan fingerprint density at radius 1 is 1.09 bits per heavy atom. The third kappa shape index (κ3) is 5.10. The highest BCUT2D eigenvalue weighted by Crippen LogP contribution is 2.37. The Morgan fingerprint density at radius 3 is 2.63 bits per heavy atom. The zero-order valence-electron chi connectivity index (χ0n) is 20.6. The minimum Gasteiger partial charge on any atom is -0.494 e. The van der Waals surface area contributed by atoms with Crippen molar-refractivity contribution < 1.29 is 4.74 Å². The number of ether oxygens (including phenoxy) is 1. The van der Waals surface area contributed by atoms with E-state index in [0.29, 0.717) is 23.1 Å². The number of benzene rings is 2. The molecule has 0 radical (unpaired) electrons. The van der Waals surface area contributed by atoms with Crippen LogP contribution in [0.2, 0.25) is 0 Å². The molecule has 0 spiro atoms. The maximum absolute atomic E-state index is 9.15. The van der Waals surface area contributed by atoms with Crippen molar-refractivity contribution in [2.45, 2.75) is 0 Å². The SMILES string of the molecule is CNc1cc(Nc2nccc(-n3ncc4cc(C#N)ccc43)n2)c(OC)cc1N(C)CCN(C)C. The lowest BCUT2D eigenvalue weighted by Crippen LogP contribution is -2.29. The molecule has 2 N–H and O–H groups in total. The fraction of sp³-hybridized carbons (Fsp3) is 0.280. The Balaban J connectivity index is 1.64. The van der Waals surface area contributed by atoms with Gasteiger partial charge in [0.2, 0.25) is 5.95 Å². The summed E-state index contributed by atoms with van der Waals surface area (Å²) < 4.78 is 7.41. The molecule has 0 saturated heterocycles. The summed E-state index contributed by atoms with van der Waals surface area (Å²) in [5.74, 6) is 1.70. The van der Waals surface area contributed by atoms with E-state index in [4.69, 9.17) is 10.00 Å². The number of nitrogens with one attached hydrogen (secondary N) is 2. The summed E-state index contributed by atoms with van der Waals surface area (Å²) in [5, 5.41) is 21.0. The van der Waals surface area contributed by atoms with E-state index in [-0.39, 0.29) is 0 Å². The normalized spacial score (nSPS) is 10.9. The minimum atomic E-state index is 0.411. The van der Waals surface area contributed by atoms with E-state index < -0.39 is 0 Å². The molecule has 0 aliphatic rings. The molecule has 10 heteroatoms. The van der Waals surface area contributed by atoms with Crippen molar-refractivity contribution in [1.82, 2.24) is 24.6 Å². The van der Waals surface area contributed by atoms with Crippen molar-refractivity contribution >= 4 is 33.9 Å². The lowest BCUT2D eigenvalue weighted by atomic mass is 10.2. The van der Waals surface area contributed by atoms with Gasteiger partial charge in [-0.25, -0.2) is 9.67 Å². The predicted octanol–water partition coefficient (Wildman–Crippen LogP) is 3.48. The van der Waals surface area contributed by atoms with Crippen LogP contribution in [0.1, 0.15) is 5.56 Å². The second kappa shape index (κ2) is 10.3. The van der Waals surface area contributed by atoms with Gasteiger partial charge in [0.15, 0.2) is 5.82 Å². The predicted molar refractivity (Wildman–Crippen MR) is 139 cm³/mol. The Morgan fingerprint density at radius 2 is 1.91 bits per heavy atom. The number of methoxy groups -OCH3 is 1. The maximum Gasteiger partial charge on any atom is 0.229 e.